The molecule has 5 atom stereocenters. The first-order valence-electron chi connectivity index (χ1n) is 20.7. The number of fused-ring (bicyclic) bond motifs is 2. The van der Waals surface area contributed by atoms with Gasteiger partial charge in [-0.25, -0.2) is 0 Å². The van der Waals surface area contributed by atoms with Crippen LogP contribution in [-0.4, -0.2) is 117 Å². The summed E-state index contributed by atoms with van der Waals surface area (Å²) in [5.74, 6) is -3.41. The summed E-state index contributed by atoms with van der Waals surface area (Å²) >= 11 is 0. The van der Waals surface area contributed by atoms with E-state index in [1.165, 1.54) is 18.7 Å². The number of aromatic nitrogens is 1. The van der Waals surface area contributed by atoms with Crippen molar-refractivity contribution in [2.24, 2.45) is 17.6 Å². The lowest BCUT2D eigenvalue weighted by molar-refractivity contribution is -0.146. The molecule has 2 aromatic rings. The second kappa shape index (κ2) is 18.5. The molecule has 0 spiro atoms. The summed E-state index contributed by atoms with van der Waals surface area (Å²) in [4.78, 5) is 115. The van der Waals surface area contributed by atoms with Crippen molar-refractivity contribution < 1.29 is 38.4 Å². The average molecular weight is 788 g/mol. The molecule has 0 bridgehead atoms. The van der Waals surface area contributed by atoms with E-state index in [-0.39, 0.29) is 80.2 Å². The molecule has 0 radical (unpaired) electrons. The third-order valence-corrected chi connectivity index (χ3v) is 12.5. The van der Waals surface area contributed by atoms with Crippen LogP contribution in [0.3, 0.4) is 0 Å². The van der Waals surface area contributed by atoms with Crippen molar-refractivity contribution in [3.05, 3.63) is 35.5 Å². The zero-order valence-electron chi connectivity index (χ0n) is 33.2. The van der Waals surface area contributed by atoms with Gasteiger partial charge in [0, 0.05) is 68.3 Å². The summed E-state index contributed by atoms with van der Waals surface area (Å²) in [6.45, 7) is 4.64. The van der Waals surface area contributed by atoms with Crippen molar-refractivity contribution in [1.29, 1.82) is 0 Å². The van der Waals surface area contributed by atoms with Crippen molar-refractivity contribution in [3.63, 3.8) is 0 Å². The third-order valence-electron chi connectivity index (χ3n) is 12.5. The van der Waals surface area contributed by atoms with Crippen LogP contribution >= 0.6 is 0 Å². The fourth-order valence-corrected chi connectivity index (χ4v) is 9.29. The molecule has 57 heavy (non-hydrogen) atoms. The lowest BCUT2D eigenvalue weighted by atomic mass is 9.76. The van der Waals surface area contributed by atoms with Gasteiger partial charge in [0.25, 0.3) is 5.91 Å². The summed E-state index contributed by atoms with van der Waals surface area (Å²) in [6.07, 6.45) is 8.17. The number of carbonyl (C=O) groups excluding carboxylic acids is 8. The van der Waals surface area contributed by atoms with E-state index in [2.05, 4.69) is 15.6 Å². The Balaban J connectivity index is 1.21. The van der Waals surface area contributed by atoms with Gasteiger partial charge in [0.15, 0.2) is 11.6 Å². The van der Waals surface area contributed by atoms with Gasteiger partial charge < -0.3 is 36.1 Å². The van der Waals surface area contributed by atoms with Crippen LogP contribution in [0.5, 0.6) is 0 Å². The Morgan fingerprint density at radius 2 is 1.58 bits per heavy atom. The number of H-pyrrole nitrogens is 1. The Labute approximate surface area is 333 Å². The smallest absolute Gasteiger partial charge is 0.268 e. The zero-order chi connectivity index (χ0) is 40.8. The van der Waals surface area contributed by atoms with Crippen LogP contribution in [-0.2, 0) is 28.8 Å². The summed E-state index contributed by atoms with van der Waals surface area (Å²) in [5.41, 5.74) is 6.81. The third kappa shape index (κ3) is 9.90. The molecule has 0 unspecified atom stereocenters. The molecular formula is C42H57N7O8. The van der Waals surface area contributed by atoms with Gasteiger partial charge in [-0.15, -0.1) is 0 Å². The van der Waals surface area contributed by atoms with Gasteiger partial charge in [0.05, 0.1) is 12.1 Å². The maximum Gasteiger partial charge on any atom is 0.268 e. The predicted molar refractivity (Wildman–Crippen MR) is 211 cm³/mol. The number of primary amides is 1. The van der Waals surface area contributed by atoms with E-state index in [0.717, 1.165) is 51.4 Å². The highest BCUT2D eigenvalue weighted by Crippen LogP contribution is 2.35. The van der Waals surface area contributed by atoms with E-state index in [1.54, 1.807) is 29.2 Å². The maximum absolute atomic E-state index is 14.4. The number of aromatic amines is 1. The summed E-state index contributed by atoms with van der Waals surface area (Å²) in [7, 11) is 0. The molecule has 3 aliphatic heterocycles. The Morgan fingerprint density at radius 3 is 2.26 bits per heavy atom. The number of nitrogens with two attached hydrogens (primary N) is 1. The molecule has 1 aromatic heterocycles. The number of carbonyl (C=O) groups is 8. The normalized spacial score (nSPS) is 22.9. The number of hydrogen-bond donors (Lipinski definition) is 4. The quantitative estimate of drug-likeness (QED) is 0.221. The molecule has 5 N–H and O–H groups in total. The predicted octanol–water partition coefficient (Wildman–Crippen LogP) is 3.00. The molecule has 4 aliphatic rings. The monoisotopic (exact) mass is 787 g/mol. The SMILES string of the molecule is CC(=O)c1ccc2[nH]c(C(=O)N[C@H]3CCN(C(C)=O)C[C@H]4CC[C@@H](C(=O)N[C@@H](CCC(N)=O)C(=O)C[C@H](C(=O)N5CCCCC5)C5CCCCC5)N4C3=O)cc2c1. The number of nitrogens with zero attached hydrogens (tertiary/aromatic N) is 3. The van der Waals surface area contributed by atoms with Crippen LogP contribution in [0.25, 0.3) is 10.9 Å². The number of hydrogen-bond acceptors (Lipinski definition) is 8. The molecule has 4 heterocycles. The van der Waals surface area contributed by atoms with E-state index in [1.807, 2.05) is 4.90 Å². The molecule has 1 aliphatic carbocycles. The van der Waals surface area contributed by atoms with Crippen LogP contribution in [0.15, 0.2) is 24.3 Å². The highest BCUT2D eigenvalue weighted by atomic mass is 16.2. The van der Waals surface area contributed by atoms with Gasteiger partial charge in [0.1, 0.15) is 17.8 Å². The Morgan fingerprint density at radius 1 is 0.860 bits per heavy atom. The first-order chi connectivity index (χ1) is 27.3. The molecule has 3 saturated heterocycles. The Bertz CT molecular complexity index is 1880. The number of ketones is 2. The molecule has 1 aromatic carbocycles. The number of likely N-dealkylation sites (tertiary alicyclic amines) is 1. The van der Waals surface area contributed by atoms with Crippen molar-refractivity contribution in [2.45, 2.75) is 128 Å². The van der Waals surface area contributed by atoms with Gasteiger partial charge in [-0.05, 0) is 94.9 Å². The molecule has 6 amide bonds. The second-order valence-corrected chi connectivity index (χ2v) is 16.4. The highest BCUT2D eigenvalue weighted by Gasteiger charge is 2.46. The van der Waals surface area contributed by atoms with Crippen molar-refractivity contribution in [3.8, 4) is 0 Å². The lowest BCUT2D eigenvalue weighted by Gasteiger charge is -2.39. The van der Waals surface area contributed by atoms with Crippen molar-refractivity contribution >= 4 is 57.9 Å². The van der Waals surface area contributed by atoms with Crippen LogP contribution in [0.1, 0.15) is 125 Å². The highest BCUT2D eigenvalue weighted by molar-refractivity contribution is 6.03. The lowest BCUT2D eigenvalue weighted by Crippen LogP contribution is -2.61. The van der Waals surface area contributed by atoms with Crippen molar-refractivity contribution in [1.82, 2.24) is 30.3 Å². The number of amides is 6. The number of nitrogens with one attached hydrogen (secondary N) is 3. The van der Waals surface area contributed by atoms with Crippen LogP contribution in [0, 0.1) is 11.8 Å². The Hall–Kier alpha value is -5.08. The minimum atomic E-state index is -1.11. The van der Waals surface area contributed by atoms with Crippen LogP contribution < -0.4 is 16.4 Å². The summed E-state index contributed by atoms with van der Waals surface area (Å²) < 4.78 is 0. The molecule has 1 saturated carbocycles. The minimum absolute atomic E-state index is 0.0174. The molecule has 15 nitrogen and oxygen atoms in total. The van der Waals surface area contributed by atoms with E-state index >= 15 is 0 Å². The first-order valence-corrected chi connectivity index (χ1v) is 20.7. The number of piperidine rings is 1. The summed E-state index contributed by atoms with van der Waals surface area (Å²) in [6, 6.07) is 2.92. The zero-order valence-corrected chi connectivity index (χ0v) is 33.2. The van der Waals surface area contributed by atoms with Gasteiger partial charge in [-0.1, -0.05) is 19.3 Å². The standard InChI is InChI=1S/C42H57N7O8/c1-25(50)28-11-13-32-29(21-28)22-35(44-32)39(54)46-34-17-20-48(26(2)51)24-30-12-15-36(49(30)42(34)57)40(55)45-33(14-16-38(43)53)37(52)23-31(27-9-5-3-6-10-27)41(56)47-18-7-4-8-19-47/h11,13,21-22,27,30-31,33-34,36,44H,3-10,12,14-20,23-24H2,1-2H3,(H2,43,53)(H,45,55)(H,46,54)/t30-,31+,33+,34+,36+/m1/s1. The Kier molecular flexibility index (Phi) is 13.5. The second-order valence-electron chi connectivity index (χ2n) is 16.4. The number of benzene rings is 1. The van der Waals surface area contributed by atoms with Gasteiger partial charge in [-0.2, -0.15) is 0 Å². The van der Waals surface area contributed by atoms with Crippen LogP contribution in [0.4, 0.5) is 0 Å². The number of rotatable bonds is 13. The first kappa shape index (κ1) is 41.6. The largest absolute Gasteiger partial charge is 0.370 e. The fraction of sp³-hybridized carbons (Fsp3) is 0.619. The van der Waals surface area contributed by atoms with E-state index in [0.29, 0.717) is 36.0 Å². The minimum Gasteiger partial charge on any atom is -0.370 e. The number of Topliss-reactive ketones (excluding diaryl/α,β-unsaturated/α-hetero) is 2. The van der Waals surface area contributed by atoms with E-state index in [4.69, 9.17) is 5.73 Å². The van der Waals surface area contributed by atoms with Crippen molar-refractivity contribution in [2.75, 3.05) is 26.2 Å². The van der Waals surface area contributed by atoms with Gasteiger partial charge >= 0.3 is 0 Å². The van der Waals surface area contributed by atoms with E-state index < -0.39 is 53.7 Å². The molecule has 6 rings (SSSR count). The average Bonchev–Trinajstić information content (AvgIpc) is 3.83. The molecule has 4 fully saturated rings. The molecule has 15 heteroatoms. The van der Waals surface area contributed by atoms with Gasteiger partial charge in [0.2, 0.25) is 29.5 Å². The van der Waals surface area contributed by atoms with Gasteiger partial charge in [-0.3, -0.25) is 38.4 Å². The molecular weight excluding hydrogens is 731 g/mol. The fourth-order valence-electron chi connectivity index (χ4n) is 9.29. The maximum atomic E-state index is 14.4. The van der Waals surface area contributed by atoms with E-state index in [9.17, 15) is 38.4 Å². The topological polar surface area (TPSA) is 212 Å². The van der Waals surface area contributed by atoms with Crippen LogP contribution in [0.2, 0.25) is 0 Å². The molecule has 308 valence electrons. The summed E-state index contributed by atoms with van der Waals surface area (Å²) in [5, 5.41) is 6.34.